The molecule has 0 bridgehead atoms. The highest BCUT2D eigenvalue weighted by Crippen LogP contribution is 2.22. The lowest BCUT2D eigenvalue weighted by molar-refractivity contribution is -0.124. The number of hydrogen-bond acceptors (Lipinski definition) is 6. The van der Waals surface area contributed by atoms with Gasteiger partial charge in [-0.25, -0.2) is 4.68 Å². The summed E-state index contributed by atoms with van der Waals surface area (Å²) in [7, 11) is 1.59. The summed E-state index contributed by atoms with van der Waals surface area (Å²) in [6.07, 6.45) is 2.42. The van der Waals surface area contributed by atoms with Crippen LogP contribution in [0.1, 0.15) is 18.9 Å². The first kappa shape index (κ1) is 20.9. The van der Waals surface area contributed by atoms with E-state index in [-0.39, 0.29) is 17.4 Å². The van der Waals surface area contributed by atoms with Crippen molar-refractivity contribution >= 4 is 11.6 Å². The molecule has 0 aliphatic carbocycles. The number of amides is 1. The van der Waals surface area contributed by atoms with Crippen molar-refractivity contribution in [3.8, 4) is 5.75 Å². The summed E-state index contributed by atoms with van der Waals surface area (Å²) in [5.41, 5.74) is 1.59. The van der Waals surface area contributed by atoms with Gasteiger partial charge in [0, 0.05) is 32.8 Å². The van der Waals surface area contributed by atoms with E-state index < -0.39 is 0 Å². The first-order valence-corrected chi connectivity index (χ1v) is 9.91. The molecule has 1 N–H and O–H groups in total. The van der Waals surface area contributed by atoms with Crippen molar-refractivity contribution in [1.82, 2.24) is 15.1 Å². The Balaban J connectivity index is 1.53. The maximum Gasteiger partial charge on any atom is 0.268 e. The monoisotopic (exact) mass is 400 g/mol. The van der Waals surface area contributed by atoms with Crippen LogP contribution in [0.2, 0.25) is 0 Å². The first-order chi connectivity index (χ1) is 14.1. The van der Waals surface area contributed by atoms with Crippen molar-refractivity contribution in [2.24, 2.45) is 5.92 Å². The zero-order valence-corrected chi connectivity index (χ0v) is 17.0. The molecule has 156 valence electrons. The summed E-state index contributed by atoms with van der Waals surface area (Å²) in [5, 5.41) is 7.21. The minimum atomic E-state index is -0.165. The lowest BCUT2D eigenvalue weighted by Crippen LogP contribution is -2.33. The number of anilines is 1. The van der Waals surface area contributed by atoms with E-state index in [2.05, 4.69) is 10.4 Å². The van der Waals surface area contributed by atoms with E-state index in [1.807, 2.05) is 36.1 Å². The van der Waals surface area contributed by atoms with Gasteiger partial charge in [-0.05, 0) is 31.0 Å². The molecule has 0 radical (unpaired) electrons. The number of aromatic nitrogens is 2. The van der Waals surface area contributed by atoms with Gasteiger partial charge < -0.3 is 19.7 Å². The molecule has 1 saturated heterocycles. The third-order valence-corrected chi connectivity index (χ3v) is 4.96. The summed E-state index contributed by atoms with van der Waals surface area (Å²) in [4.78, 5) is 26.8. The maximum absolute atomic E-state index is 12.6. The van der Waals surface area contributed by atoms with E-state index in [4.69, 9.17) is 9.47 Å². The third kappa shape index (κ3) is 5.57. The Morgan fingerprint density at radius 1 is 1.34 bits per heavy atom. The molecular weight excluding hydrogens is 372 g/mol. The molecule has 1 aliphatic rings. The van der Waals surface area contributed by atoms with Crippen LogP contribution in [0.4, 0.5) is 5.69 Å². The molecule has 0 saturated carbocycles. The van der Waals surface area contributed by atoms with Gasteiger partial charge in [0.05, 0.1) is 37.6 Å². The molecule has 1 unspecified atom stereocenters. The Morgan fingerprint density at radius 2 is 2.21 bits per heavy atom. The highest BCUT2D eigenvalue weighted by molar-refractivity contribution is 5.80. The van der Waals surface area contributed by atoms with E-state index in [0.717, 1.165) is 30.0 Å². The molecule has 1 fully saturated rings. The number of carbonyl (C=O) groups excluding carboxylic acids is 1. The van der Waals surface area contributed by atoms with Gasteiger partial charge in [0.2, 0.25) is 5.91 Å². The van der Waals surface area contributed by atoms with Gasteiger partial charge in [-0.15, -0.1) is 0 Å². The Kier molecular flexibility index (Phi) is 7.24. The van der Waals surface area contributed by atoms with E-state index in [1.165, 1.54) is 4.68 Å². The second-order valence-electron chi connectivity index (χ2n) is 7.00. The van der Waals surface area contributed by atoms with Crippen molar-refractivity contribution in [2.45, 2.75) is 26.4 Å². The zero-order valence-electron chi connectivity index (χ0n) is 17.0. The van der Waals surface area contributed by atoms with Crippen molar-refractivity contribution in [2.75, 3.05) is 38.3 Å². The van der Waals surface area contributed by atoms with Crippen LogP contribution >= 0.6 is 0 Å². The second kappa shape index (κ2) is 10.1. The molecule has 2 heterocycles. The Hall–Kier alpha value is -2.87. The highest BCUT2D eigenvalue weighted by atomic mass is 16.5. The predicted molar refractivity (Wildman–Crippen MR) is 110 cm³/mol. The van der Waals surface area contributed by atoms with Crippen molar-refractivity contribution in [3.05, 3.63) is 52.4 Å². The number of rotatable bonds is 9. The van der Waals surface area contributed by atoms with Gasteiger partial charge in [0.25, 0.3) is 5.56 Å². The largest absolute Gasteiger partial charge is 0.494 e. The highest BCUT2D eigenvalue weighted by Gasteiger charge is 2.28. The van der Waals surface area contributed by atoms with Crippen LogP contribution in [0.3, 0.4) is 0 Å². The van der Waals surface area contributed by atoms with Crippen molar-refractivity contribution < 1.29 is 14.3 Å². The van der Waals surface area contributed by atoms with Crippen molar-refractivity contribution in [3.63, 3.8) is 0 Å². The SMILES string of the molecule is CCOc1cccc(CNC(=O)C2CCN(c3cnn(CCOC)c(=O)c3)C2)c1. The van der Waals surface area contributed by atoms with Gasteiger partial charge in [-0.3, -0.25) is 9.59 Å². The zero-order chi connectivity index (χ0) is 20.6. The van der Waals surface area contributed by atoms with Gasteiger partial charge >= 0.3 is 0 Å². The average molecular weight is 400 g/mol. The third-order valence-electron chi connectivity index (χ3n) is 4.96. The predicted octanol–water partition coefficient (Wildman–Crippen LogP) is 1.43. The molecule has 2 aromatic rings. The molecule has 1 aromatic heterocycles. The first-order valence-electron chi connectivity index (χ1n) is 9.91. The van der Waals surface area contributed by atoms with Crippen LogP contribution in [0, 0.1) is 5.92 Å². The molecule has 1 aromatic carbocycles. The van der Waals surface area contributed by atoms with Crippen LogP contribution < -0.4 is 20.5 Å². The molecule has 1 aliphatic heterocycles. The lowest BCUT2D eigenvalue weighted by Gasteiger charge is -2.18. The Morgan fingerprint density at radius 3 is 2.97 bits per heavy atom. The van der Waals surface area contributed by atoms with Crippen LogP contribution in [0.5, 0.6) is 5.75 Å². The molecule has 3 rings (SSSR count). The minimum absolute atomic E-state index is 0.0238. The van der Waals surface area contributed by atoms with Gasteiger partial charge in [0.1, 0.15) is 5.75 Å². The van der Waals surface area contributed by atoms with Gasteiger partial charge in [0.15, 0.2) is 0 Å². The van der Waals surface area contributed by atoms with Gasteiger partial charge in [-0.1, -0.05) is 12.1 Å². The number of methoxy groups -OCH3 is 1. The number of ether oxygens (including phenoxy) is 2. The fourth-order valence-corrected chi connectivity index (χ4v) is 3.40. The summed E-state index contributed by atoms with van der Waals surface area (Å²) in [5.74, 6) is 0.718. The summed E-state index contributed by atoms with van der Waals surface area (Å²) >= 11 is 0. The number of nitrogens with one attached hydrogen (secondary N) is 1. The minimum Gasteiger partial charge on any atom is -0.494 e. The molecule has 1 atom stereocenters. The number of carbonyl (C=O) groups is 1. The summed E-state index contributed by atoms with van der Waals surface area (Å²) in [6, 6.07) is 9.30. The fourth-order valence-electron chi connectivity index (χ4n) is 3.40. The molecule has 0 spiro atoms. The Bertz CT molecular complexity index is 883. The number of benzene rings is 1. The fraction of sp³-hybridized carbons (Fsp3) is 0.476. The summed E-state index contributed by atoms with van der Waals surface area (Å²) < 4.78 is 11.9. The lowest BCUT2D eigenvalue weighted by atomic mass is 10.1. The smallest absolute Gasteiger partial charge is 0.268 e. The van der Waals surface area contributed by atoms with E-state index in [1.54, 1.807) is 19.4 Å². The molecule has 8 nitrogen and oxygen atoms in total. The normalized spacial score (nSPS) is 16.1. The quantitative estimate of drug-likeness (QED) is 0.685. The van der Waals surface area contributed by atoms with Gasteiger partial charge in [-0.2, -0.15) is 5.10 Å². The van der Waals surface area contributed by atoms with E-state index in [9.17, 15) is 9.59 Å². The average Bonchev–Trinajstić information content (AvgIpc) is 3.22. The Labute approximate surface area is 170 Å². The van der Waals surface area contributed by atoms with Crippen LogP contribution in [-0.2, 0) is 22.6 Å². The number of nitrogens with zero attached hydrogens (tertiary/aromatic N) is 3. The number of hydrogen-bond donors (Lipinski definition) is 1. The molecule has 8 heteroatoms. The topological polar surface area (TPSA) is 85.7 Å². The molecular formula is C21H28N4O4. The van der Waals surface area contributed by atoms with E-state index >= 15 is 0 Å². The van der Waals surface area contributed by atoms with Crippen LogP contribution in [0.15, 0.2) is 41.3 Å². The summed E-state index contributed by atoms with van der Waals surface area (Å²) in [6.45, 7) is 5.18. The molecule has 29 heavy (non-hydrogen) atoms. The second-order valence-corrected chi connectivity index (χ2v) is 7.00. The standard InChI is InChI=1S/C21H28N4O4/c1-3-29-19-6-4-5-16(11-19)13-22-21(27)17-7-8-24(15-17)18-12-20(26)25(23-14-18)9-10-28-2/h4-6,11-12,14,17H,3,7-10,13,15H2,1-2H3,(H,22,27). The van der Waals surface area contributed by atoms with E-state index in [0.29, 0.717) is 32.8 Å². The molecule has 1 amide bonds. The maximum atomic E-state index is 12.6. The van der Waals surface area contributed by atoms with Crippen LogP contribution in [0.25, 0.3) is 0 Å². The van der Waals surface area contributed by atoms with Crippen LogP contribution in [-0.4, -0.2) is 49.1 Å². The van der Waals surface area contributed by atoms with Crippen molar-refractivity contribution in [1.29, 1.82) is 0 Å².